The van der Waals surface area contributed by atoms with Crippen molar-refractivity contribution in [2.24, 2.45) is 4.99 Å². The van der Waals surface area contributed by atoms with Gasteiger partial charge < -0.3 is 0 Å². The van der Waals surface area contributed by atoms with Crippen molar-refractivity contribution in [2.45, 2.75) is 26.7 Å². The monoisotopic (exact) mass is 596 g/mol. The van der Waals surface area contributed by atoms with E-state index in [0.29, 0.717) is 5.82 Å². The lowest BCUT2D eigenvalue weighted by molar-refractivity contribution is 0.959. The van der Waals surface area contributed by atoms with Crippen LogP contribution in [0.5, 0.6) is 0 Å². The fourth-order valence-electron chi connectivity index (χ4n) is 5.30. The molecule has 6 aromatic rings. The maximum Gasteiger partial charge on any atom is 0.160 e. The largest absolute Gasteiger partial charge is 0.269 e. The second kappa shape index (κ2) is 14.8. The Morgan fingerprint density at radius 3 is 1.74 bits per heavy atom. The highest BCUT2D eigenvalue weighted by Crippen LogP contribution is 2.32. The number of aliphatic imine (C=N–C) groups is 1. The molecule has 0 saturated carbocycles. The van der Waals surface area contributed by atoms with Crippen LogP contribution in [0.3, 0.4) is 0 Å². The second-order valence-electron chi connectivity index (χ2n) is 11.0. The minimum atomic E-state index is 0.641. The molecular formula is C42H36N4. The van der Waals surface area contributed by atoms with Gasteiger partial charge in [-0.3, -0.25) is 9.98 Å². The standard InChI is InChI=1S/C42H36N4/c1-3-5-8-19-38(30-43-4-2)39-28-37(24-25-44-39)42-45-40(35-22-13-20-33(26-35)31-15-9-6-10-16-31)29-41(46-42)36-23-14-21-34(27-36)32-17-11-7-12-18-32/h4,6-30H,3,5H2,1-2H3/b19-8+,38-30+,43-4?. The Kier molecular flexibility index (Phi) is 9.76. The number of aromatic nitrogens is 3. The minimum Gasteiger partial charge on any atom is -0.269 e. The second-order valence-corrected chi connectivity index (χ2v) is 11.0. The highest BCUT2D eigenvalue weighted by Gasteiger charge is 2.14. The third-order valence-electron chi connectivity index (χ3n) is 7.69. The Hall–Kier alpha value is -5.74. The van der Waals surface area contributed by atoms with Crippen molar-refractivity contribution in [3.8, 4) is 56.2 Å². The number of pyridine rings is 1. The van der Waals surface area contributed by atoms with Gasteiger partial charge in [0.05, 0.1) is 17.1 Å². The van der Waals surface area contributed by atoms with Gasteiger partial charge in [0.1, 0.15) is 0 Å². The Morgan fingerprint density at radius 1 is 0.609 bits per heavy atom. The number of allylic oxidation sites excluding steroid dienone is 3. The number of unbranched alkanes of at least 4 members (excludes halogenated alkanes) is 1. The summed E-state index contributed by atoms with van der Waals surface area (Å²) in [5, 5.41) is 0. The smallest absolute Gasteiger partial charge is 0.160 e. The van der Waals surface area contributed by atoms with E-state index in [0.717, 1.165) is 63.3 Å². The highest BCUT2D eigenvalue weighted by molar-refractivity contribution is 5.79. The summed E-state index contributed by atoms with van der Waals surface area (Å²) < 4.78 is 0. The fourth-order valence-corrected chi connectivity index (χ4v) is 5.30. The van der Waals surface area contributed by atoms with Gasteiger partial charge in [-0.25, -0.2) is 9.97 Å². The summed E-state index contributed by atoms with van der Waals surface area (Å²) in [7, 11) is 0. The summed E-state index contributed by atoms with van der Waals surface area (Å²) in [6.07, 6.45) is 11.8. The molecule has 6 rings (SSSR count). The molecule has 46 heavy (non-hydrogen) atoms. The number of benzene rings is 4. The van der Waals surface area contributed by atoms with Crippen LogP contribution in [0.25, 0.3) is 61.7 Å². The molecule has 0 saturated heterocycles. The summed E-state index contributed by atoms with van der Waals surface area (Å²) in [4.78, 5) is 19.4. The van der Waals surface area contributed by atoms with Crippen LogP contribution in [0, 0.1) is 0 Å². The van der Waals surface area contributed by atoms with Crippen LogP contribution in [0.15, 0.2) is 157 Å². The van der Waals surface area contributed by atoms with E-state index >= 15 is 0 Å². The van der Waals surface area contributed by atoms with Crippen molar-refractivity contribution in [1.29, 1.82) is 0 Å². The number of nitrogens with zero attached hydrogens (tertiary/aromatic N) is 4. The minimum absolute atomic E-state index is 0.641. The number of hydrogen-bond acceptors (Lipinski definition) is 4. The predicted molar refractivity (Wildman–Crippen MR) is 193 cm³/mol. The molecule has 0 spiro atoms. The lowest BCUT2D eigenvalue weighted by atomic mass is 9.99. The third kappa shape index (κ3) is 7.31. The van der Waals surface area contributed by atoms with Gasteiger partial charge >= 0.3 is 0 Å². The Balaban J connectivity index is 1.49. The molecule has 0 fully saturated rings. The highest BCUT2D eigenvalue weighted by atomic mass is 14.9. The summed E-state index contributed by atoms with van der Waals surface area (Å²) in [5.74, 6) is 0.641. The summed E-state index contributed by atoms with van der Waals surface area (Å²) in [6.45, 7) is 4.08. The van der Waals surface area contributed by atoms with E-state index in [4.69, 9.17) is 15.0 Å². The molecule has 4 heteroatoms. The van der Waals surface area contributed by atoms with Crippen molar-refractivity contribution in [2.75, 3.05) is 0 Å². The molecule has 0 aliphatic rings. The first-order chi connectivity index (χ1) is 22.7. The average molecular weight is 597 g/mol. The zero-order valence-electron chi connectivity index (χ0n) is 26.2. The average Bonchev–Trinajstić information content (AvgIpc) is 3.14. The molecule has 2 aromatic heterocycles. The maximum absolute atomic E-state index is 5.15. The van der Waals surface area contributed by atoms with Gasteiger partial charge in [-0.05, 0) is 65.9 Å². The van der Waals surface area contributed by atoms with Crippen LogP contribution in [0.4, 0.5) is 0 Å². The van der Waals surface area contributed by atoms with Crippen molar-refractivity contribution < 1.29 is 0 Å². The lowest BCUT2D eigenvalue weighted by Gasteiger charge is -2.12. The Bertz CT molecular complexity index is 1910. The van der Waals surface area contributed by atoms with Gasteiger partial charge in [0.2, 0.25) is 0 Å². The van der Waals surface area contributed by atoms with Crippen LogP contribution in [0.1, 0.15) is 32.4 Å². The van der Waals surface area contributed by atoms with Crippen LogP contribution in [0.2, 0.25) is 0 Å². The molecule has 0 N–H and O–H groups in total. The Labute approximate surface area is 271 Å². The summed E-state index contributed by atoms with van der Waals surface area (Å²) in [5.41, 5.74) is 11.0. The van der Waals surface area contributed by atoms with Crippen LogP contribution in [-0.2, 0) is 0 Å². The van der Waals surface area contributed by atoms with E-state index in [-0.39, 0.29) is 0 Å². The lowest BCUT2D eigenvalue weighted by Crippen LogP contribution is -1.97. The first kappa shape index (κ1) is 30.3. The van der Waals surface area contributed by atoms with Gasteiger partial charge in [-0.15, -0.1) is 0 Å². The van der Waals surface area contributed by atoms with E-state index in [1.807, 2.05) is 37.5 Å². The van der Waals surface area contributed by atoms with Gasteiger partial charge in [-0.2, -0.15) is 0 Å². The molecule has 0 atom stereocenters. The zero-order valence-corrected chi connectivity index (χ0v) is 26.2. The van der Waals surface area contributed by atoms with Crippen molar-refractivity contribution in [3.05, 3.63) is 158 Å². The third-order valence-corrected chi connectivity index (χ3v) is 7.69. The van der Waals surface area contributed by atoms with E-state index in [2.05, 4.69) is 133 Å². The van der Waals surface area contributed by atoms with E-state index in [1.165, 1.54) is 11.1 Å². The summed E-state index contributed by atoms with van der Waals surface area (Å²) in [6, 6.07) is 44.1. The molecule has 224 valence electrons. The number of rotatable bonds is 10. The van der Waals surface area contributed by atoms with Gasteiger partial charge in [0.15, 0.2) is 5.82 Å². The quantitative estimate of drug-likeness (QED) is 0.117. The van der Waals surface area contributed by atoms with E-state index in [1.54, 1.807) is 6.21 Å². The van der Waals surface area contributed by atoms with E-state index < -0.39 is 0 Å². The molecule has 0 bridgehead atoms. The van der Waals surface area contributed by atoms with Crippen LogP contribution in [-0.4, -0.2) is 21.2 Å². The maximum atomic E-state index is 5.15. The zero-order chi connectivity index (χ0) is 31.6. The van der Waals surface area contributed by atoms with Crippen molar-refractivity contribution in [1.82, 2.24) is 15.0 Å². The van der Waals surface area contributed by atoms with Crippen molar-refractivity contribution >= 4 is 11.8 Å². The molecule has 0 aliphatic carbocycles. The van der Waals surface area contributed by atoms with Gasteiger partial charge in [-0.1, -0.05) is 123 Å². The molecule has 0 unspecified atom stereocenters. The van der Waals surface area contributed by atoms with Crippen molar-refractivity contribution in [3.63, 3.8) is 0 Å². The molecule has 2 heterocycles. The van der Waals surface area contributed by atoms with Crippen LogP contribution >= 0.6 is 0 Å². The Morgan fingerprint density at radius 2 is 1.17 bits per heavy atom. The molecule has 0 aliphatic heterocycles. The first-order valence-electron chi connectivity index (χ1n) is 15.7. The normalized spacial score (nSPS) is 11.8. The first-order valence-corrected chi connectivity index (χ1v) is 15.7. The van der Waals surface area contributed by atoms with E-state index in [9.17, 15) is 0 Å². The number of hydrogen-bond donors (Lipinski definition) is 0. The fraction of sp³-hybridized carbons (Fsp3) is 0.0952. The molecular weight excluding hydrogens is 560 g/mol. The molecule has 4 nitrogen and oxygen atoms in total. The topological polar surface area (TPSA) is 51.0 Å². The van der Waals surface area contributed by atoms with Gasteiger partial charge in [0.25, 0.3) is 0 Å². The van der Waals surface area contributed by atoms with Gasteiger partial charge in [0, 0.05) is 40.9 Å². The molecule has 0 radical (unpaired) electrons. The summed E-state index contributed by atoms with van der Waals surface area (Å²) >= 11 is 0. The molecule has 0 amide bonds. The SMILES string of the molecule is CC=N/C=C(\C=C\CCC)c1cc(-c2nc(-c3cccc(-c4ccccc4)c3)cc(-c3cccc(-c4ccccc4)c3)n2)ccn1. The predicted octanol–water partition coefficient (Wildman–Crippen LogP) is 11.0. The van der Waals surface area contributed by atoms with Crippen LogP contribution < -0.4 is 0 Å². The molecule has 4 aromatic carbocycles.